The van der Waals surface area contributed by atoms with E-state index in [0.717, 1.165) is 55.4 Å². The second-order valence-electron chi connectivity index (χ2n) is 6.37. The summed E-state index contributed by atoms with van der Waals surface area (Å²) in [7, 11) is 0. The lowest BCUT2D eigenvalue weighted by atomic mass is 9.88. The predicted molar refractivity (Wildman–Crippen MR) is 85.0 cm³/mol. The minimum Gasteiger partial charge on any atom is -0.345 e. The zero-order valence-corrected chi connectivity index (χ0v) is 13.6. The van der Waals surface area contributed by atoms with Crippen molar-refractivity contribution in [3.63, 3.8) is 0 Å². The number of nitrogens with zero attached hydrogens (tertiary/aromatic N) is 3. The number of carbonyl (C=O) groups is 1. The van der Waals surface area contributed by atoms with Crippen molar-refractivity contribution >= 4 is 17.2 Å². The monoisotopic (exact) mass is 316 g/mol. The molecular formula is C16H20N4OS. The van der Waals surface area contributed by atoms with Gasteiger partial charge in [-0.15, -0.1) is 21.5 Å². The summed E-state index contributed by atoms with van der Waals surface area (Å²) in [5, 5.41) is 13.4. The van der Waals surface area contributed by atoms with Crippen LogP contribution in [0.5, 0.6) is 0 Å². The van der Waals surface area contributed by atoms with Gasteiger partial charge in [0.1, 0.15) is 5.82 Å². The highest BCUT2D eigenvalue weighted by Crippen LogP contribution is 2.32. The molecule has 0 saturated carbocycles. The fourth-order valence-corrected chi connectivity index (χ4v) is 4.71. The maximum absolute atomic E-state index is 12.5. The van der Waals surface area contributed by atoms with E-state index in [1.165, 1.54) is 16.9 Å². The first-order chi connectivity index (χ1) is 10.7. The number of nitrogens with one attached hydrogen (secondary N) is 1. The Morgan fingerprint density at radius 3 is 3.27 bits per heavy atom. The molecule has 0 spiro atoms. The van der Waals surface area contributed by atoms with Gasteiger partial charge in [0.25, 0.3) is 5.91 Å². The van der Waals surface area contributed by atoms with E-state index in [1.807, 2.05) is 5.38 Å². The molecule has 2 aliphatic rings. The maximum atomic E-state index is 12.5. The molecule has 0 fully saturated rings. The van der Waals surface area contributed by atoms with Crippen LogP contribution in [0.25, 0.3) is 0 Å². The second kappa shape index (κ2) is 5.50. The minimum atomic E-state index is 0.0300. The summed E-state index contributed by atoms with van der Waals surface area (Å²) < 4.78 is 2.13. The van der Waals surface area contributed by atoms with Crippen LogP contribution in [0.4, 0.5) is 0 Å². The third-order valence-corrected chi connectivity index (χ3v) is 5.79. The van der Waals surface area contributed by atoms with E-state index in [2.05, 4.69) is 27.0 Å². The van der Waals surface area contributed by atoms with Gasteiger partial charge in [0.2, 0.25) is 0 Å². The van der Waals surface area contributed by atoms with E-state index < -0.39 is 0 Å². The number of hydrogen-bond acceptors (Lipinski definition) is 4. The average molecular weight is 316 g/mol. The third kappa shape index (κ3) is 2.35. The zero-order valence-electron chi connectivity index (χ0n) is 12.8. The van der Waals surface area contributed by atoms with Gasteiger partial charge in [-0.3, -0.25) is 4.79 Å². The molecule has 0 bridgehead atoms. The summed E-state index contributed by atoms with van der Waals surface area (Å²) >= 11 is 1.73. The maximum Gasteiger partial charge on any atom is 0.252 e. The fourth-order valence-electron chi connectivity index (χ4n) is 3.46. The highest BCUT2D eigenvalue weighted by molar-refractivity contribution is 7.10. The van der Waals surface area contributed by atoms with Gasteiger partial charge in [-0.25, -0.2) is 0 Å². The molecule has 2 aromatic heterocycles. The number of hydrogen-bond donors (Lipinski definition) is 1. The lowest BCUT2D eigenvalue weighted by Crippen LogP contribution is -2.26. The molecule has 1 unspecified atom stereocenters. The topological polar surface area (TPSA) is 59.8 Å². The Hall–Kier alpha value is -1.69. The van der Waals surface area contributed by atoms with Crippen LogP contribution in [0, 0.1) is 5.92 Å². The van der Waals surface area contributed by atoms with Crippen LogP contribution < -0.4 is 5.32 Å². The lowest BCUT2D eigenvalue weighted by molar-refractivity contribution is 0.0948. The van der Waals surface area contributed by atoms with E-state index in [9.17, 15) is 4.79 Å². The molecule has 3 heterocycles. The molecular weight excluding hydrogens is 296 g/mol. The second-order valence-corrected chi connectivity index (χ2v) is 7.33. The van der Waals surface area contributed by atoms with Crippen LogP contribution in [0.15, 0.2) is 5.38 Å². The summed E-state index contributed by atoms with van der Waals surface area (Å²) in [5.41, 5.74) is 2.14. The Morgan fingerprint density at radius 1 is 1.45 bits per heavy atom. The van der Waals surface area contributed by atoms with Crippen LogP contribution in [0.1, 0.15) is 52.2 Å². The van der Waals surface area contributed by atoms with Crippen LogP contribution in [-0.2, 0) is 32.4 Å². The first kappa shape index (κ1) is 13.9. The van der Waals surface area contributed by atoms with Crippen molar-refractivity contribution in [2.45, 2.75) is 52.1 Å². The number of aryl methyl sites for hydroxylation is 1. The Morgan fingerprint density at radius 2 is 2.36 bits per heavy atom. The fraction of sp³-hybridized carbons (Fsp3) is 0.562. The SMILES string of the molecule is CC1CCc2c(C(=O)NCc3nnc4n3CCC4)csc2C1. The van der Waals surface area contributed by atoms with Gasteiger partial charge in [-0.2, -0.15) is 0 Å². The van der Waals surface area contributed by atoms with E-state index in [0.29, 0.717) is 6.54 Å². The Bertz CT molecular complexity index is 718. The van der Waals surface area contributed by atoms with Crippen molar-refractivity contribution in [3.05, 3.63) is 33.0 Å². The molecule has 1 N–H and O–H groups in total. The highest BCUT2D eigenvalue weighted by atomic mass is 32.1. The van der Waals surface area contributed by atoms with Gasteiger partial charge in [0.05, 0.1) is 12.1 Å². The molecule has 1 aliphatic carbocycles. The van der Waals surface area contributed by atoms with Crippen molar-refractivity contribution < 1.29 is 4.79 Å². The van der Waals surface area contributed by atoms with Crippen LogP contribution in [-0.4, -0.2) is 20.7 Å². The van der Waals surface area contributed by atoms with E-state index >= 15 is 0 Å². The zero-order chi connectivity index (χ0) is 15.1. The Labute approximate surface area is 133 Å². The molecule has 0 radical (unpaired) electrons. The molecule has 0 saturated heterocycles. The Balaban J connectivity index is 1.46. The van der Waals surface area contributed by atoms with Crippen molar-refractivity contribution in [2.24, 2.45) is 5.92 Å². The number of rotatable bonds is 3. The minimum absolute atomic E-state index is 0.0300. The third-order valence-electron chi connectivity index (χ3n) is 4.74. The molecule has 1 amide bonds. The molecule has 116 valence electrons. The predicted octanol–water partition coefficient (Wildman–Crippen LogP) is 2.34. The van der Waals surface area contributed by atoms with E-state index in [-0.39, 0.29) is 5.91 Å². The average Bonchev–Trinajstić information content (AvgIpc) is 3.19. The summed E-state index contributed by atoms with van der Waals surface area (Å²) in [6.07, 6.45) is 5.45. The van der Waals surface area contributed by atoms with E-state index in [4.69, 9.17) is 0 Å². The van der Waals surface area contributed by atoms with Gasteiger partial charge in [-0.05, 0) is 37.2 Å². The molecule has 6 heteroatoms. The molecule has 5 nitrogen and oxygen atoms in total. The van der Waals surface area contributed by atoms with Gasteiger partial charge < -0.3 is 9.88 Å². The molecule has 22 heavy (non-hydrogen) atoms. The molecule has 1 atom stereocenters. The number of carbonyl (C=O) groups excluding carboxylic acids is 1. The largest absolute Gasteiger partial charge is 0.345 e. The molecule has 2 aromatic rings. The molecule has 0 aromatic carbocycles. The quantitative estimate of drug-likeness (QED) is 0.945. The highest BCUT2D eigenvalue weighted by Gasteiger charge is 2.24. The lowest BCUT2D eigenvalue weighted by Gasteiger charge is -2.18. The van der Waals surface area contributed by atoms with Gasteiger partial charge in [0, 0.05) is 23.2 Å². The number of amides is 1. The summed E-state index contributed by atoms with van der Waals surface area (Å²) in [5.74, 6) is 2.69. The van der Waals surface area contributed by atoms with Crippen molar-refractivity contribution in [1.29, 1.82) is 0 Å². The smallest absolute Gasteiger partial charge is 0.252 e. The van der Waals surface area contributed by atoms with Crippen LogP contribution in [0.3, 0.4) is 0 Å². The molecule has 1 aliphatic heterocycles. The molecule has 4 rings (SSSR count). The van der Waals surface area contributed by atoms with E-state index in [1.54, 1.807) is 11.3 Å². The Kier molecular flexibility index (Phi) is 3.48. The first-order valence-electron chi connectivity index (χ1n) is 8.00. The number of aromatic nitrogens is 3. The van der Waals surface area contributed by atoms with Crippen molar-refractivity contribution in [1.82, 2.24) is 20.1 Å². The van der Waals surface area contributed by atoms with Crippen molar-refractivity contribution in [2.75, 3.05) is 0 Å². The van der Waals surface area contributed by atoms with Crippen molar-refractivity contribution in [3.8, 4) is 0 Å². The van der Waals surface area contributed by atoms with Gasteiger partial charge >= 0.3 is 0 Å². The summed E-state index contributed by atoms with van der Waals surface area (Å²) in [4.78, 5) is 13.9. The number of fused-ring (bicyclic) bond motifs is 2. The van der Waals surface area contributed by atoms with Crippen LogP contribution in [0.2, 0.25) is 0 Å². The van der Waals surface area contributed by atoms with Gasteiger partial charge in [-0.1, -0.05) is 6.92 Å². The standard InChI is InChI=1S/C16H20N4OS/c1-10-4-5-11-12(9-22-13(11)7-10)16(21)17-8-15-19-18-14-3-2-6-20(14)15/h9-10H,2-8H2,1H3,(H,17,21). The van der Waals surface area contributed by atoms with Gasteiger partial charge in [0.15, 0.2) is 5.82 Å². The number of thiophene rings is 1. The summed E-state index contributed by atoms with van der Waals surface area (Å²) in [6.45, 7) is 3.72. The first-order valence-corrected chi connectivity index (χ1v) is 8.88. The summed E-state index contributed by atoms with van der Waals surface area (Å²) in [6, 6.07) is 0. The normalized spacial score (nSPS) is 19.8. The van der Waals surface area contributed by atoms with Crippen LogP contribution >= 0.6 is 11.3 Å².